The Kier molecular flexibility index (Phi) is 5.53. The van der Waals surface area contributed by atoms with E-state index in [4.69, 9.17) is 4.74 Å². The Bertz CT molecular complexity index is 1030. The van der Waals surface area contributed by atoms with E-state index in [0.29, 0.717) is 35.7 Å². The molecule has 3 aromatic carbocycles. The van der Waals surface area contributed by atoms with Gasteiger partial charge in [0.15, 0.2) is 5.78 Å². The molecular formula is C26H25FN2O2. The number of rotatable bonds is 7. The lowest BCUT2D eigenvalue weighted by Gasteiger charge is -2.40. The van der Waals surface area contributed by atoms with Gasteiger partial charge in [0.25, 0.3) is 0 Å². The average Bonchev–Trinajstić information content (AvgIpc) is 3.17. The molecule has 5 rings (SSSR count). The third kappa shape index (κ3) is 4.68. The fourth-order valence-electron chi connectivity index (χ4n) is 4.46. The maximum Gasteiger partial charge on any atom is 0.176 e. The van der Waals surface area contributed by atoms with E-state index in [1.54, 1.807) is 36.4 Å². The number of fused-ring (bicyclic) bond motifs is 1. The van der Waals surface area contributed by atoms with Crippen LogP contribution in [-0.2, 0) is 12.8 Å². The quantitative estimate of drug-likeness (QED) is 0.585. The number of hydrogen-bond acceptors (Lipinski definition) is 4. The van der Waals surface area contributed by atoms with E-state index < -0.39 is 0 Å². The zero-order chi connectivity index (χ0) is 21.2. The standard InChI is InChI=1S/C26H25FN2O2/c27-21-7-11-25(12-8-21)31-24-9-5-18(6-10-24)26(30)17-29-15-23(16-29)28-22-13-19-3-1-2-4-20(19)14-22/h1-12,22-23,28H,13-17H2. The molecule has 1 saturated heterocycles. The minimum absolute atomic E-state index is 0.111. The number of carbonyl (C=O) groups is 1. The van der Waals surface area contributed by atoms with Gasteiger partial charge in [-0.05, 0) is 72.5 Å². The van der Waals surface area contributed by atoms with Crippen molar-refractivity contribution in [3.63, 3.8) is 0 Å². The zero-order valence-electron chi connectivity index (χ0n) is 17.3. The van der Waals surface area contributed by atoms with Crippen molar-refractivity contribution in [2.24, 2.45) is 0 Å². The van der Waals surface area contributed by atoms with Crippen LogP contribution in [0.3, 0.4) is 0 Å². The molecule has 0 unspecified atom stereocenters. The Morgan fingerprint density at radius 1 is 0.871 bits per heavy atom. The van der Waals surface area contributed by atoms with Crippen LogP contribution in [-0.4, -0.2) is 42.4 Å². The van der Waals surface area contributed by atoms with E-state index >= 15 is 0 Å². The molecule has 3 aromatic rings. The van der Waals surface area contributed by atoms with E-state index in [-0.39, 0.29) is 11.6 Å². The number of carbonyl (C=O) groups excluding carboxylic acids is 1. The van der Waals surface area contributed by atoms with Crippen molar-refractivity contribution in [1.82, 2.24) is 10.2 Å². The molecule has 2 aliphatic rings. The molecule has 0 amide bonds. The normalized spacial score (nSPS) is 16.7. The van der Waals surface area contributed by atoms with Gasteiger partial charge in [-0.1, -0.05) is 24.3 Å². The first-order valence-electron chi connectivity index (χ1n) is 10.7. The summed E-state index contributed by atoms with van der Waals surface area (Å²) in [7, 11) is 0. The monoisotopic (exact) mass is 416 g/mol. The highest BCUT2D eigenvalue weighted by Gasteiger charge is 2.31. The van der Waals surface area contributed by atoms with E-state index in [0.717, 1.165) is 25.9 Å². The van der Waals surface area contributed by atoms with E-state index in [1.807, 2.05) is 0 Å². The van der Waals surface area contributed by atoms with Gasteiger partial charge in [-0.25, -0.2) is 4.39 Å². The topological polar surface area (TPSA) is 41.6 Å². The summed E-state index contributed by atoms with van der Waals surface area (Å²) in [6.07, 6.45) is 2.19. The van der Waals surface area contributed by atoms with Gasteiger partial charge in [0.1, 0.15) is 17.3 Å². The van der Waals surface area contributed by atoms with Crippen molar-refractivity contribution in [2.75, 3.05) is 19.6 Å². The molecule has 0 spiro atoms. The minimum Gasteiger partial charge on any atom is -0.457 e. The second kappa shape index (κ2) is 8.61. The first-order chi connectivity index (χ1) is 15.1. The largest absolute Gasteiger partial charge is 0.457 e. The minimum atomic E-state index is -0.301. The number of likely N-dealkylation sites (tertiary alicyclic amines) is 1. The fourth-order valence-corrected chi connectivity index (χ4v) is 4.46. The molecule has 0 atom stereocenters. The predicted molar refractivity (Wildman–Crippen MR) is 118 cm³/mol. The molecule has 1 aliphatic heterocycles. The van der Waals surface area contributed by atoms with Crippen LogP contribution < -0.4 is 10.1 Å². The summed E-state index contributed by atoms with van der Waals surface area (Å²) in [6, 6.07) is 22.6. The highest BCUT2D eigenvalue weighted by atomic mass is 19.1. The smallest absolute Gasteiger partial charge is 0.176 e. The van der Waals surface area contributed by atoms with Gasteiger partial charge in [-0.2, -0.15) is 0 Å². The third-order valence-corrected chi connectivity index (χ3v) is 6.07. The maximum absolute atomic E-state index is 13.0. The average molecular weight is 416 g/mol. The van der Waals surface area contributed by atoms with Gasteiger partial charge >= 0.3 is 0 Å². The molecule has 1 N–H and O–H groups in total. The molecule has 31 heavy (non-hydrogen) atoms. The maximum atomic E-state index is 13.0. The number of ether oxygens (including phenoxy) is 1. The lowest BCUT2D eigenvalue weighted by molar-refractivity contribution is 0.0788. The summed E-state index contributed by atoms with van der Waals surface area (Å²) in [5.74, 6) is 0.990. The van der Waals surface area contributed by atoms with E-state index in [1.165, 1.54) is 23.3 Å². The second-order valence-electron chi connectivity index (χ2n) is 8.44. The second-order valence-corrected chi connectivity index (χ2v) is 8.44. The van der Waals surface area contributed by atoms with Gasteiger partial charge in [-0.15, -0.1) is 0 Å². The number of hydrogen-bond donors (Lipinski definition) is 1. The molecular weight excluding hydrogens is 391 g/mol. The molecule has 4 nitrogen and oxygen atoms in total. The van der Waals surface area contributed by atoms with Crippen LogP contribution in [0, 0.1) is 5.82 Å². The van der Waals surface area contributed by atoms with Crippen molar-refractivity contribution in [3.05, 3.63) is 95.3 Å². The Labute approximate surface area is 181 Å². The summed E-state index contributed by atoms with van der Waals surface area (Å²) < 4.78 is 18.7. The van der Waals surface area contributed by atoms with Crippen molar-refractivity contribution in [3.8, 4) is 11.5 Å². The van der Waals surface area contributed by atoms with Crippen LogP contribution in [0.25, 0.3) is 0 Å². The van der Waals surface area contributed by atoms with E-state index in [9.17, 15) is 9.18 Å². The van der Waals surface area contributed by atoms with Crippen molar-refractivity contribution in [2.45, 2.75) is 24.9 Å². The van der Waals surface area contributed by atoms with Crippen LogP contribution in [0.15, 0.2) is 72.8 Å². The molecule has 0 saturated carbocycles. The zero-order valence-corrected chi connectivity index (χ0v) is 17.3. The summed E-state index contributed by atoms with van der Waals surface area (Å²) in [4.78, 5) is 14.8. The first-order valence-corrected chi connectivity index (χ1v) is 10.7. The van der Waals surface area contributed by atoms with Gasteiger partial charge in [0, 0.05) is 30.7 Å². The van der Waals surface area contributed by atoms with Gasteiger partial charge in [0.2, 0.25) is 0 Å². The van der Waals surface area contributed by atoms with Gasteiger partial charge in [0.05, 0.1) is 6.54 Å². The molecule has 1 fully saturated rings. The third-order valence-electron chi connectivity index (χ3n) is 6.07. The van der Waals surface area contributed by atoms with Crippen molar-refractivity contribution >= 4 is 5.78 Å². The summed E-state index contributed by atoms with van der Waals surface area (Å²) >= 11 is 0. The molecule has 1 heterocycles. The number of benzene rings is 3. The Morgan fingerprint density at radius 2 is 1.45 bits per heavy atom. The number of Topliss-reactive ketones (excluding diaryl/α,β-unsaturated/α-hetero) is 1. The van der Waals surface area contributed by atoms with Gasteiger partial charge in [-0.3, -0.25) is 9.69 Å². The summed E-state index contributed by atoms with van der Waals surface area (Å²) in [6.45, 7) is 2.25. The fraction of sp³-hybridized carbons (Fsp3) is 0.269. The molecule has 0 bridgehead atoms. The Morgan fingerprint density at radius 3 is 2.06 bits per heavy atom. The van der Waals surface area contributed by atoms with Crippen LogP contribution in [0.2, 0.25) is 0 Å². The predicted octanol–water partition coefficient (Wildman–Crippen LogP) is 4.24. The van der Waals surface area contributed by atoms with Crippen LogP contribution in [0.1, 0.15) is 21.5 Å². The molecule has 158 valence electrons. The number of nitrogens with zero attached hydrogens (tertiary/aromatic N) is 1. The van der Waals surface area contributed by atoms with E-state index in [2.05, 4.69) is 34.5 Å². The van der Waals surface area contributed by atoms with Gasteiger partial charge < -0.3 is 10.1 Å². The summed E-state index contributed by atoms with van der Waals surface area (Å²) in [5.41, 5.74) is 3.59. The van der Waals surface area contributed by atoms with Crippen LogP contribution >= 0.6 is 0 Å². The highest BCUT2D eigenvalue weighted by Crippen LogP contribution is 2.24. The molecule has 0 aromatic heterocycles. The van der Waals surface area contributed by atoms with Crippen molar-refractivity contribution < 1.29 is 13.9 Å². The highest BCUT2D eigenvalue weighted by molar-refractivity contribution is 5.97. The molecule has 0 radical (unpaired) electrons. The molecule has 5 heteroatoms. The van der Waals surface area contributed by atoms with Crippen molar-refractivity contribution in [1.29, 1.82) is 0 Å². The summed E-state index contributed by atoms with van der Waals surface area (Å²) in [5, 5.41) is 3.75. The lowest BCUT2D eigenvalue weighted by Crippen LogP contribution is -2.61. The van der Waals surface area contributed by atoms with Crippen LogP contribution in [0.4, 0.5) is 4.39 Å². The first kappa shape index (κ1) is 19.9. The number of nitrogens with one attached hydrogen (secondary N) is 1. The Hall–Kier alpha value is -3.02. The van der Waals surface area contributed by atoms with Crippen LogP contribution in [0.5, 0.6) is 11.5 Å². The SMILES string of the molecule is O=C(CN1CC(NC2Cc3ccccc3C2)C1)c1ccc(Oc2ccc(F)cc2)cc1. The molecule has 1 aliphatic carbocycles. The lowest BCUT2D eigenvalue weighted by atomic mass is 10.0. The number of ketones is 1. The number of halogens is 1. The Balaban J connectivity index is 1.07.